The van der Waals surface area contributed by atoms with E-state index in [1.165, 1.54) is 37.2 Å². The van der Waals surface area contributed by atoms with Crippen LogP contribution < -0.4 is 0 Å². The molecule has 0 radical (unpaired) electrons. The molecule has 0 nitrogen and oxygen atoms in total. The Labute approximate surface area is 83.6 Å². The van der Waals surface area contributed by atoms with Crippen LogP contribution in [0.5, 0.6) is 0 Å². The molecule has 1 unspecified atom stereocenters. The topological polar surface area (TPSA) is 0 Å². The number of unbranched alkanes of at least 4 members (excludes halogenated alkanes) is 1. The Kier molecular flexibility index (Phi) is 9.60. The number of hydrogen-bond donors (Lipinski definition) is 0. The Hall–Kier alpha value is 0.830. The van der Waals surface area contributed by atoms with Gasteiger partial charge in [-0.15, -0.1) is 0 Å². The van der Waals surface area contributed by atoms with Crippen LogP contribution in [0.3, 0.4) is 0 Å². The average molecular weight is 239 g/mol. The van der Waals surface area contributed by atoms with Crippen LogP contribution in [0.1, 0.15) is 39.5 Å². The normalized spacial score (nSPS) is 13.4. The Morgan fingerprint density at radius 1 is 1.27 bits per heavy atom. The molecule has 0 fully saturated rings. The van der Waals surface area contributed by atoms with Crippen molar-refractivity contribution in [3.8, 4) is 0 Å². The summed E-state index contributed by atoms with van der Waals surface area (Å²) in [5.74, 6) is 2.62. The fraction of sp³-hybridized carbons (Fsp3) is 1.00. The quantitative estimate of drug-likeness (QED) is 0.476. The molecule has 0 amide bonds. The van der Waals surface area contributed by atoms with Crippen molar-refractivity contribution in [2.45, 2.75) is 44.4 Å². The van der Waals surface area contributed by atoms with Crippen molar-refractivity contribution in [3.05, 3.63) is 0 Å². The molecule has 0 saturated heterocycles. The van der Waals surface area contributed by atoms with Crippen LogP contribution in [0.15, 0.2) is 0 Å². The maximum atomic E-state index is 3.64. The van der Waals surface area contributed by atoms with Gasteiger partial charge in [-0.3, -0.25) is 0 Å². The highest BCUT2D eigenvalue weighted by molar-refractivity contribution is 9.09. The molecule has 0 aromatic carbocycles. The van der Waals surface area contributed by atoms with Gasteiger partial charge in [-0.2, -0.15) is 11.8 Å². The summed E-state index contributed by atoms with van der Waals surface area (Å²) in [5.41, 5.74) is 0. The first-order chi connectivity index (χ1) is 5.31. The molecular weight excluding hydrogens is 220 g/mol. The molecule has 68 valence electrons. The number of alkyl halides is 1. The molecule has 0 heterocycles. The number of thioether (sulfide) groups is 1. The number of halogens is 1. The average Bonchev–Trinajstić information content (AvgIpc) is 2.04. The van der Waals surface area contributed by atoms with E-state index in [2.05, 4.69) is 41.5 Å². The molecule has 0 aliphatic heterocycles. The van der Waals surface area contributed by atoms with Crippen LogP contribution in [0.4, 0.5) is 0 Å². The summed E-state index contributed by atoms with van der Waals surface area (Å²) >= 11 is 5.69. The van der Waals surface area contributed by atoms with E-state index in [4.69, 9.17) is 0 Å². The Morgan fingerprint density at radius 2 is 2.00 bits per heavy atom. The van der Waals surface area contributed by atoms with E-state index < -0.39 is 0 Å². The van der Waals surface area contributed by atoms with Gasteiger partial charge in [0, 0.05) is 4.83 Å². The molecule has 0 rings (SSSR count). The monoisotopic (exact) mass is 238 g/mol. The van der Waals surface area contributed by atoms with Crippen LogP contribution >= 0.6 is 27.7 Å². The van der Waals surface area contributed by atoms with Crippen LogP contribution in [0, 0.1) is 0 Å². The maximum Gasteiger partial charge on any atom is 0.0143 e. The summed E-state index contributed by atoms with van der Waals surface area (Å²) in [5, 5.41) is 0. The van der Waals surface area contributed by atoms with Crippen LogP contribution in [0.2, 0.25) is 0 Å². The molecule has 0 aromatic heterocycles. The van der Waals surface area contributed by atoms with E-state index in [1.54, 1.807) is 0 Å². The van der Waals surface area contributed by atoms with Crippen LogP contribution in [-0.2, 0) is 0 Å². The smallest absolute Gasteiger partial charge is 0.0143 e. The van der Waals surface area contributed by atoms with Crippen LogP contribution in [-0.4, -0.2) is 16.3 Å². The van der Waals surface area contributed by atoms with Crippen molar-refractivity contribution in [1.29, 1.82) is 0 Å². The van der Waals surface area contributed by atoms with Gasteiger partial charge in [0.2, 0.25) is 0 Å². The Morgan fingerprint density at radius 3 is 2.55 bits per heavy atom. The highest BCUT2D eigenvalue weighted by Crippen LogP contribution is 2.14. The third-order valence-electron chi connectivity index (χ3n) is 1.70. The minimum atomic E-state index is 0.758. The van der Waals surface area contributed by atoms with Crippen molar-refractivity contribution in [2.75, 3.05) is 11.5 Å². The highest BCUT2D eigenvalue weighted by Gasteiger charge is 1.98. The Balaban J connectivity index is 2.89. The minimum Gasteiger partial charge on any atom is -0.162 e. The molecule has 0 N–H and O–H groups in total. The van der Waals surface area contributed by atoms with Crippen LogP contribution in [0.25, 0.3) is 0 Å². The zero-order chi connectivity index (χ0) is 8.53. The van der Waals surface area contributed by atoms with Gasteiger partial charge < -0.3 is 0 Å². The zero-order valence-electron chi connectivity index (χ0n) is 7.61. The van der Waals surface area contributed by atoms with Gasteiger partial charge in [0.25, 0.3) is 0 Å². The second-order valence-corrected chi connectivity index (χ2v) is 5.39. The van der Waals surface area contributed by atoms with E-state index in [-0.39, 0.29) is 0 Å². The van der Waals surface area contributed by atoms with E-state index in [0.717, 1.165) is 4.83 Å². The van der Waals surface area contributed by atoms with Gasteiger partial charge in [-0.1, -0.05) is 36.2 Å². The fourth-order valence-corrected chi connectivity index (χ4v) is 1.94. The molecule has 0 aromatic rings. The maximum absolute atomic E-state index is 3.64. The molecule has 11 heavy (non-hydrogen) atoms. The van der Waals surface area contributed by atoms with Crippen molar-refractivity contribution >= 4 is 27.7 Å². The lowest BCUT2D eigenvalue weighted by Crippen LogP contribution is -1.94. The largest absolute Gasteiger partial charge is 0.162 e. The summed E-state index contributed by atoms with van der Waals surface area (Å²) in [7, 11) is 0. The van der Waals surface area contributed by atoms with Crippen molar-refractivity contribution in [1.82, 2.24) is 0 Å². The first-order valence-electron chi connectivity index (χ1n) is 4.53. The van der Waals surface area contributed by atoms with E-state index >= 15 is 0 Å². The second kappa shape index (κ2) is 8.92. The molecule has 0 aliphatic carbocycles. The zero-order valence-corrected chi connectivity index (χ0v) is 10.0. The second-order valence-electron chi connectivity index (χ2n) is 2.70. The van der Waals surface area contributed by atoms with Crippen molar-refractivity contribution < 1.29 is 0 Å². The predicted molar refractivity (Wildman–Crippen MR) is 59.9 cm³/mol. The molecule has 0 saturated carbocycles. The van der Waals surface area contributed by atoms with Gasteiger partial charge >= 0.3 is 0 Å². The van der Waals surface area contributed by atoms with Gasteiger partial charge in [0.15, 0.2) is 0 Å². The van der Waals surface area contributed by atoms with E-state index in [0.29, 0.717) is 0 Å². The molecule has 0 spiro atoms. The van der Waals surface area contributed by atoms with Gasteiger partial charge in [0.05, 0.1) is 0 Å². The summed E-state index contributed by atoms with van der Waals surface area (Å²) in [6, 6.07) is 0. The standard InChI is InChI=1S/C9H19BrS/c1-3-9(10)7-5-6-8-11-4-2/h9H,3-8H2,1-2H3. The highest BCUT2D eigenvalue weighted by atomic mass is 79.9. The summed E-state index contributed by atoms with van der Waals surface area (Å²) in [6.07, 6.45) is 5.39. The van der Waals surface area contributed by atoms with Crippen molar-refractivity contribution in [3.63, 3.8) is 0 Å². The molecule has 2 heteroatoms. The number of hydrogen-bond acceptors (Lipinski definition) is 1. The summed E-state index contributed by atoms with van der Waals surface area (Å²) < 4.78 is 0. The molecule has 1 atom stereocenters. The Bertz CT molecular complexity index is 76.0. The summed E-state index contributed by atoms with van der Waals surface area (Å²) in [6.45, 7) is 4.46. The van der Waals surface area contributed by atoms with Gasteiger partial charge in [-0.25, -0.2) is 0 Å². The lowest BCUT2D eigenvalue weighted by atomic mass is 10.2. The third-order valence-corrected chi connectivity index (χ3v) is 3.79. The van der Waals surface area contributed by atoms with E-state index in [1.807, 2.05) is 0 Å². The molecule has 0 aliphatic rings. The van der Waals surface area contributed by atoms with Gasteiger partial charge in [-0.05, 0) is 30.8 Å². The first kappa shape index (κ1) is 11.8. The van der Waals surface area contributed by atoms with E-state index in [9.17, 15) is 0 Å². The van der Waals surface area contributed by atoms with Crippen molar-refractivity contribution in [2.24, 2.45) is 0 Å². The first-order valence-corrected chi connectivity index (χ1v) is 6.60. The lowest BCUT2D eigenvalue weighted by Gasteiger charge is -2.04. The lowest BCUT2D eigenvalue weighted by molar-refractivity contribution is 0.681. The summed E-state index contributed by atoms with van der Waals surface area (Å²) in [4.78, 5) is 0.758. The molecular formula is C9H19BrS. The molecule has 0 bridgehead atoms. The predicted octanol–water partition coefficient (Wildman–Crippen LogP) is 4.08. The fourth-order valence-electron chi connectivity index (χ4n) is 0.918. The third kappa shape index (κ3) is 8.74. The minimum absolute atomic E-state index is 0.758. The number of rotatable bonds is 7. The SMILES string of the molecule is CCSCCCCC(Br)CC. The van der Waals surface area contributed by atoms with Gasteiger partial charge in [0.1, 0.15) is 0 Å².